The van der Waals surface area contributed by atoms with E-state index in [9.17, 15) is 5.11 Å². The van der Waals surface area contributed by atoms with E-state index in [0.717, 1.165) is 39.1 Å². The Kier molecular flexibility index (Phi) is 5.18. The summed E-state index contributed by atoms with van der Waals surface area (Å²) in [6.07, 6.45) is 0.691. The van der Waals surface area contributed by atoms with Gasteiger partial charge in [0.05, 0.1) is 6.10 Å². The average molecular weight is 268 g/mol. The van der Waals surface area contributed by atoms with Crippen molar-refractivity contribution in [3.63, 3.8) is 0 Å². The minimum absolute atomic E-state index is 0.161. The standard InChI is InChI=1S/C14H24N2OS/c1-3-14(17)10-15-5-7-16(8-6-15)12(2)13-4-9-18-11-13/h4,9,11-12,14,17H,3,5-8,10H2,1-2H3/t12-,14-/m0/s1. The Hall–Kier alpha value is -0.420. The first-order valence-electron chi connectivity index (χ1n) is 6.87. The van der Waals surface area contributed by atoms with Crippen LogP contribution in [-0.2, 0) is 0 Å². The van der Waals surface area contributed by atoms with E-state index in [1.807, 2.05) is 6.92 Å². The number of hydrogen-bond donors (Lipinski definition) is 1. The predicted molar refractivity (Wildman–Crippen MR) is 77.0 cm³/mol. The Morgan fingerprint density at radius 1 is 1.33 bits per heavy atom. The molecular formula is C14H24N2OS. The molecule has 0 aliphatic carbocycles. The number of aliphatic hydroxyl groups is 1. The van der Waals surface area contributed by atoms with Crippen molar-refractivity contribution in [2.45, 2.75) is 32.4 Å². The second kappa shape index (κ2) is 6.66. The number of rotatable bonds is 5. The molecule has 1 aliphatic heterocycles. The highest BCUT2D eigenvalue weighted by Gasteiger charge is 2.22. The lowest BCUT2D eigenvalue weighted by molar-refractivity contribution is 0.0580. The fraction of sp³-hybridized carbons (Fsp3) is 0.714. The lowest BCUT2D eigenvalue weighted by Crippen LogP contribution is -2.49. The molecular weight excluding hydrogens is 244 g/mol. The summed E-state index contributed by atoms with van der Waals surface area (Å²) in [7, 11) is 0. The predicted octanol–water partition coefficient (Wildman–Crippen LogP) is 2.20. The van der Waals surface area contributed by atoms with Gasteiger partial charge in [0.15, 0.2) is 0 Å². The summed E-state index contributed by atoms with van der Waals surface area (Å²) in [6, 6.07) is 2.75. The quantitative estimate of drug-likeness (QED) is 0.887. The molecule has 1 aromatic heterocycles. The van der Waals surface area contributed by atoms with Crippen molar-refractivity contribution in [1.29, 1.82) is 0 Å². The zero-order chi connectivity index (χ0) is 13.0. The molecule has 1 fully saturated rings. The third-order valence-corrected chi connectivity index (χ3v) is 4.62. The van der Waals surface area contributed by atoms with Crippen LogP contribution in [0.15, 0.2) is 16.8 Å². The van der Waals surface area contributed by atoms with Crippen molar-refractivity contribution in [1.82, 2.24) is 9.80 Å². The molecule has 1 N–H and O–H groups in total. The van der Waals surface area contributed by atoms with Gasteiger partial charge in [-0.3, -0.25) is 9.80 Å². The zero-order valence-corrected chi connectivity index (χ0v) is 12.2. The van der Waals surface area contributed by atoms with Gasteiger partial charge in [-0.1, -0.05) is 6.92 Å². The maximum atomic E-state index is 9.68. The molecule has 0 unspecified atom stereocenters. The van der Waals surface area contributed by atoms with E-state index in [1.54, 1.807) is 11.3 Å². The van der Waals surface area contributed by atoms with Crippen LogP contribution in [0.5, 0.6) is 0 Å². The van der Waals surface area contributed by atoms with Gasteiger partial charge in [-0.2, -0.15) is 11.3 Å². The van der Waals surface area contributed by atoms with Crippen LogP contribution < -0.4 is 0 Å². The Morgan fingerprint density at radius 3 is 2.61 bits per heavy atom. The van der Waals surface area contributed by atoms with Crippen LogP contribution in [0.2, 0.25) is 0 Å². The largest absolute Gasteiger partial charge is 0.392 e. The summed E-state index contributed by atoms with van der Waals surface area (Å²) in [4.78, 5) is 4.92. The van der Waals surface area contributed by atoms with Crippen molar-refractivity contribution < 1.29 is 5.11 Å². The summed E-state index contributed by atoms with van der Waals surface area (Å²) in [5.74, 6) is 0. The van der Waals surface area contributed by atoms with Crippen LogP contribution in [0.25, 0.3) is 0 Å². The van der Waals surface area contributed by atoms with Gasteiger partial charge in [0.2, 0.25) is 0 Å². The molecule has 102 valence electrons. The second-order valence-electron chi connectivity index (χ2n) is 5.13. The van der Waals surface area contributed by atoms with Crippen LogP contribution in [0.3, 0.4) is 0 Å². The first-order valence-corrected chi connectivity index (χ1v) is 7.81. The van der Waals surface area contributed by atoms with Crippen molar-refractivity contribution >= 4 is 11.3 Å². The van der Waals surface area contributed by atoms with Crippen molar-refractivity contribution in [2.75, 3.05) is 32.7 Å². The molecule has 4 heteroatoms. The molecule has 1 aliphatic rings. The maximum Gasteiger partial charge on any atom is 0.0664 e. The first-order chi connectivity index (χ1) is 8.70. The first kappa shape index (κ1) is 14.0. The Morgan fingerprint density at radius 2 is 2.06 bits per heavy atom. The number of thiophene rings is 1. The summed E-state index contributed by atoms with van der Waals surface area (Å²) in [5.41, 5.74) is 1.43. The highest BCUT2D eigenvalue weighted by Crippen LogP contribution is 2.23. The van der Waals surface area contributed by atoms with Crippen LogP contribution in [-0.4, -0.2) is 53.7 Å². The molecule has 18 heavy (non-hydrogen) atoms. The van der Waals surface area contributed by atoms with E-state index in [-0.39, 0.29) is 6.10 Å². The van der Waals surface area contributed by atoms with Crippen LogP contribution in [0.1, 0.15) is 31.9 Å². The van der Waals surface area contributed by atoms with Gasteiger partial charge in [0.1, 0.15) is 0 Å². The minimum atomic E-state index is -0.161. The summed E-state index contributed by atoms with van der Waals surface area (Å²) in [6.45, 7) is 9.52. The fourth-order valence-electron chi connectivity index (χ4n) is 2.48. The average Bonchev–Trinajstić information content (AvgIpc) is 2.92. The molecule has 2 heterocycles. The van der Waals surface area contributed by atoms with Gasteiger partial charge >= 0.3 is 0 Å². The van der Waals surface area contributed by atoms with Gasteiger partial charge in [-0.05, 0) is 35.7 Å². The lowest BCUT2D eigenvalue weighted by Gasteiger charge is -2.38. The number of aliphatic hydroxyl groups excluding tert-OH is 1. The Labute approximate surface area is 114 Å². The van der Waals surface area contributed by atoms with Crippen LogP contribution in [0, 0.1) is 0 Å². The highest BCUT2D eigenvalue weighted by molar-refractivity contribution is 7.07. The molecule has 1 saturated heterocycles. The molecule has 0 radical (unpaired) electrons. The molecule has 1 aromatic rings. The van der Waals surface area contributed by atoms with Crippen LogP contribution >= 0.6 is 11.3 Å². The highest BCUT2D eigenvalue weighted by atomic mass is 32.1. The van der Waals surface area contributed by atoms with Gasteiger partial charge in [-0.25, -0.2) is 0 Å². The van der Waals surface area contributed by atoms with Crippen molar-refractivity contribution in [2.24, 2.45) is 0 Å². The van der Waals surface area contributed by atoms with E-state index in [4.69, 9.17) is 0 Å². The normalized spacial score (nSPS) is 21.9. The molecule has 0 bridgehead atoms. The summed E-state index contributed by atoms with van der Waals surface area (Å²) >= 11 is 1.77. The van der Waals surface area contributed by atoms with Crippen molar-refractivity contribution in [3.05, 3.63) is 22.4 Å². The summed E-state index contributed by atoms with van der Waals surface area (Å²) < 4.78 is 0. The molecule has 2 rings (SSSR count). The molecule has 0 spiro atoms. The van der Waals surface area contributed by atoms with Gasteiger partial charge < -0.3 is 5.11 Å². The molecule has 0 saturated carbocycles. The lowest BCUT2D eigenvalue weighted by atomic mass is 10.1. The molecule has 0 amide bonds. The van der Waals surface area contributed by atoms with E-state index in [1.165, 1.54) is 5.56 Å². The third kappa shape index (κ3) is 3.54. The van der Waals surface area contributed by atoms with E-state index in [0.29, 0.717) is 6.04 Å². The maximum absolute atomic E-state index is 9.68. The number of piperazine rings is 1. The number of hydrogen-bond acceptors (Lipinski definition) is 4. The molecule has 3 nitrogen and oxygen atoms in total. The Balaban J connectivity index is 1.79. The molecule has 0 aromatic carbocycles. The Bertz CT molecular complexity index is 334. The van der Waals surface area contributed by atoms with Gasteiger partial charge in [0.25, 0.3) is 0 Å². The summed E-state index contributed by atoms with van der Waals surface area (Å²) in [5, 5.41) is 14.1. The smallest absolute Gasteiger partial charge is 0.0664 e. The van der Waals surface area contributed by atoms with Gasteiger partial charge in [0, 0.05) is 38.8 Å². The van der Waals surface area contributed by atoms with Gasteiger partial charge in [-0.15, -0.1) is 0 Å². The number of β-amino-alcohol motifs (C(OH)–C–C–N with tert-alkyl or cyclic N) is 1. The van der Waals surface area contributed by atoms with E-state index in [2.05, 4.69) is 33.6 Å². The molecule has 2 atom stereocenters. The van der Waals surface area contributed by atoms with Crippen molar-refractivity contribution in [3.8, 4) is 0 Å². The van der Waals surface area contributed by atoms with E-state index >= 15 is 0 Å². The third-order valence-electron chi connectivity index (χ3n) is 3.92. The zero-order valence-electron chi connectivity index (χ0n) is 11.4. The monoisotopic (exact) mass is 268 g/mol. The second-order valence-corrected chi connectivity index (χ2v) is 5.91. The fourth-order valence-corrected chi connectivity index (χ4v) is 3.23. The van der Waals surface area contributed by atoms with Crippen LogP contribution in [0.4, 0.5) is 0 Å². The topological polar surface area (TPSA) is 26.7 Å². The SMILES string of the molecule is CC[C@H](O)CN1CCN([C@@H](C)c2ccsc2)CC1. The number of nitrogens with zero attached hydrogens (tertiary/aromatic N) is 2. The minimum Gasteiger partial charge on any atom is -0.392 e. The van der Waals surface area contributed by atoms with E-state index < -0.39 is 0 Å².